The minimum absolute atomic E-state index is 0.462. The van der Waals surface area contributed by atoms with Crippen LogP contribution < -0.4 is 4.90 Å². The lowest BCUT2D eigenvalue weighted by atomic mass is 9.98. The predicted molar refractivity (Wildman–Crippen MR) is 260 cm³/mol. The van der Waals surface area contributed by atoms with E-state index in [1.165, 1.54) is 33.0 Å². The fourth-order valence-electron chi connectivity index (χ4n) is 10.5. The molecule has 2 aromatic heterocycles. The van der Waals surface area contributed by atoms with Crippen molar-refractivity contribution in [1.82, 2.24) is 9.13 Å². The van der Waals surface area contributed by atoms with Gasteiger partial charge in [-0.25, -0.2) is 4.85 Å². The van der Waals surface area contributed by atoms with Crippen molar-refractivity contribution in [3.63, 3.8) is 0 Å². The summed E-state index contributed by atoms with van der Waals surface area (Å²) in [6, 6.07) is 72.7. The van der Waals surface area contributed by atoms with Gasteiger partial charge in [0.1, 0.15) is 6.07 Å². The number of para-hydroxylation sites is 3. The normalized spacial score (nSPS) is 11.8. The first-order chi connectivity index (χ1) is 31.2. The van der Waals surface area contributed by atoms with Crippen molar-refractivity contribution in [3.05, 3.63) is 217 Å². The standard InChI is InChI=1S/C58H33N5/c1-60-49-34-53(37(35-59)31-54(49)63-50-26-13-12-23-45(50)58-46-25-14-24-44-42-21-10-11-22-43(42)47(56(44)46)33-55(58)63)62-51-30-28-40(61(38-16-4-2-5-17-38)39-18-6-3-7-19-39)32-48(51)57-41-20-9-8-15-36(41)27-29-52(57)62/h2-34H. The summed E-state index contributed by atoms with van der Waals surface area (Å²) in [6.07, 6.45) is 0. The van der Waals surface area contributed by atoms with E-state index in [0.717, 1.165) is 71.4 Å². The van der Waals surface area contributed by atoms with Gasteiger partial charge in [-0.15, -0.1) is 0 Å². The minimum atomic E-state index is 0.462. The molecule has 0 spiro atoms. The number of rotatable bonds is 5. The van der Waals surface area contributed by atoms with Gasteiger partial charge in [0.15, 0.2) is 0 Å². The molecule has 1 aliphatic rings. The molecule has 0 unspecified atom stereocenters. The molecular weight excluding hydrogens is 767 g/mol. The van der Waals surface area contributed by atoms with Gasteiger partial charge in [0.2, 0.25) is 5.69 Å². The maximum absolute atomic E-state index is 11.2. The molecule has 1 aliphatic carbocycles. The molecule has 12 aromatic rings. The number of aromatic nitrogens is 2. The van der Waals surface area contributed by atoms with Gasteiger partial charge in [0.25, 0.3) is 0 Å². The largest absolute Gasteiger partial charge is 0.319 e. The zero-order valence-electron chi connectivity index (χ0n) is 33.8. The fraction of sp³-hybridized carbons (Fsp3) is 0. The topological polar surface area (TPSA) is 41.2 Å². The Kier molecular flexibility index (Phi) is 7.37. The SMILES string of the molecule is [C-]#[N+]c1cc(-n2c3ccc(N(c4ccccc4)c4ccccc4)cc3c3c4ccccc4ccc32)c(C#N)cc1-n1c2ccccc2c2c3cccc4c3c(cc21)-c1ccccc1-4. The van der Waals surface area contributed by atoms with Crippen molar-refractivity contribution in [3.8, 4) is 39.7 Å². The first-order valence-electron chi connectivity index (χ1n) is 21.1. The highest BCUT2D eigenvalue weighted by Crippen LogP contribution is 2.52. The van der Waals surface area contributed by atoms with Crippen molar-refractivity contribution >= 4 is 87.9 Å². The quantitative estimate of drug-likeness (QED) is 0.163. The molecule has 2 heterocycles. The molecular formula is C58H33N5. The van der Waals surface area contributed by atoms with Crippen LogP contribution >= 0.6 is 0 Å². The summed E-state index contributed by atoms with van der Waals surface area (Å²) in [4.78, 5) is 6.53. The van der Waals surface area contributed by atoms with Crippen molar-refractivity contribution in [2.45, 2.75) is 0 Å². The Bertz CT molecular complexity index is 3950. The molecule has 0 saturated carbocycles. The number of nitrogens with zero attached hydrogens (tertiary/aromatic N) is 5. The van der Waals surface area contributed by atoms with E-state index >= 15 is 0 Å². The molecule has 0 N–H and O–H groups in total. The molecule has 63 heavy (non-hydrogen) atoms. The average Bonchev–Trinajstić information content (AvgIpc) is 3.98. The monoisotopic (exact) mass is 799 g/mol. The van der Waals surface area contributed by atoms with Crippen molar-refractivity contribution < 1.29 is 0 Å². The van der Waals surface area contributed by atoms with Crippen LogP contribution in [-0.4, -0.2) is 9.13 Å². The number of hydrogen-bond donors (Lipinski definition) is 0. The van der Waals surface area contributed by atoms with Crippen molar-refractivity contribution in [2.24, 2.45) is 0 Å². The molecule has 0 aliphatic heterocycles. The van der Waals surface area contributed by atoms with E-state index in [2.05, 4.69) is 201 Å². The van der Waals surface area contributed by atoms with Crippen molar-refractivity contribution in [1.29, 1.82) is 5.26 Å². The molecule has 0 atom stereocenters. The van der Waals surface area contributed by atoms with Crippen molar-refractivity contribution in [2.75, 3.05) is 4.90 Å². The van der Waals surface area contributed by atoms with E-state index in [1.807, 2.05) is 24.3 Å². The highest BCUT2D eigenvalue weighted by atomic mass is 15.1. The summed E-state index contributed by atoms with van der Waals surface area (Å²) in [5.41, 5.74) is 14.2. The van der Waals surface area contributed by atoms with E-state index < -0.39 is 0 Å². The smallest absolute Gasteiger partial charge is 0.212 e. The molecule has 0 radical (unpaired) electrons. The van der Waals surface area contributed by atoms with E-state index in [4.69, 9.17) is 6.57 Å². The van der Waals surface area contributed by atoms with Gasteiger partial charge in [0, 0.05) is 38.6 Å². The number of nitriles is 1. The van der Waals surface area contributed by atoms with Crippen LogP contribution in [0.1, 0.15) is 5.56 Å². The Morgan fingerprint density at radius 2 is 1.02 bits per heavy atom. The number of hydrogen-bond acceptors (Lipinski definition) is 2. The molecule has 0 fully saturated rings. The second-order valence-corrected chi connectivity index (χ2v) is 16.3. The Hall–Kier alpha value is -8.90. The molecule has 10 aromatic carbocycles. The second kappa shape index (κ2) is 13.3. The molecule has 13 rings (SSSR count). The third-order valence-corrected chi connectivity index (χ3v) is 13.0. The van der Waals surface area contributed by atoms with Crippen LogP contribution in [0.2, 0.25) is 0 Å². The summed E-state index contributed by atoms with van der Waals surface area (Å²) in [6.45, 7) is 8.75. The van der Waals surface area contributed by atoms with Crippen LogP contribution in [0, 0.1) is 17.9 Å². The summed E-state index contributed by atoms with van der Waals surface area (Å²) >= 11 is 0. The van der Waals surface area contributed by atoms with E-state index in [-0.39, 0.29) is 0 Å². The summed E-state index contributed by atoms with van der Waals surface area (Å²) in [5, 5.41) is 20.3. The van der Waals surface area contributed by atoms with Gasteiger partial charge in [0.05, 0.1) is 45.6 Å². The van der Waals surface area contributed by atoms with Crippen LogP contribution in [0.3, 0.4) is 0 Å². The van der Waals surface area contributed by atoms with Crippen LogP contribution in [0.15, 0.2) is 200 Å². The second-order valence-electron chi connectivity index (χ2n) is 16.3. The number of benzene rings is 10. The number of anilines is 3. The third kappa shape index (κ3) is 4.91. The van der Waals surface area contributed by atoms with Gasteiger partial charge in [-0.2, -0.15) is 5.26 Å². The van der Waals surface area contributed by atoms with Gasteiger partial charge in [-0.05, 0) is 117 Å². The van der Waals surface area contributed by atoms with Gasteiger partial charge >= 0.3 is 0 Å². The fourth-order valence-corrected chi connectivity index (χ4v) is 10.5. The zero-order chi connectivity index (χ0) is 41.8. The van der Waals surface area contributed by atoms with Crippen LogP contribution in [-0.2, 0) is 0 Å². The Balaban J connectivity index is 1.09. The third-order valence-electron chi connectivity index (χ3n) is 13.0. The summed E-state index contributed by atoms with van der Waals surface area (Å²) < 4.78 is 4.39. The van der Waals surface area contributed by atoms with Crippen LogP contribution in [0.5, 0.6) is 0 Å². The maximum Gasteiger partial charge on any atom is 0.212 e. The zero-order valence-corrected chi connectivity index (χ0v) is 33.8. The highest BCUT2D eigenvalue weighted by Gasteiger charge is 2.27. The Labute approximate surface area is 362 Å². The lowest BCUT2D eigenvalue weighted by Gasteiger charge is -2.25. The maximum atomic E-state index is 11.2. The van der Waals surface area contributed by atoms with E-state index in [1.54, 1.807) is 0 Å². The summed E-state index contributed by atoms with van der Waals surface area (Å²) in [5.74, 6) is 0. The lowest BCUT2D eigenvalue weighted by molar-refractivity contribution is 1.14. The lowest BCUT2D eigenvalue weighted by Crippen LogP contribution is -2.09. The summed E-state index contributed by atoms with van der Waals surface area (Å²) in [7, 11) is 0. The molecule has 5 nitrogen and oxygen atoms in total. The average molecular weight is 800 g/mol. The van der Waals surface area contributed by atoms with Gasteiger partial charge in [-0.3, -0.25) is 0 Å². The molecule has 5 heteroatoms. The van der Waals surface area contributed by atoms with E-state index in [9.17, 15) is 5.26 Å². The Morgan fingerprint density at radius 3 is 1.78 bits per heavy atom. The highest BCUT2D eigenvalue weighted by molar-refractivity contribution is 6.29. The first-order valence-corrected chi connectivity index (χ1v) is 21.1. The van der Waals surface area contributed by atoms with Crippen LogP contribution in [0.4, 0.5) is 22.7 Å². The number of fused-ring (bicyclic) bond motifs is 12. The molecule has 0 amide bonds. The Morgan fingerprint density at radius 1 is 0.413 bits per heavy atom. The molecule has 290 valence electrons. The molecule has 0 saturated heterocycles. The minimum Gasteiger partial charge on any atom is -0.319 e. The van der Waals surface area contributed by atoms with E-state index in [0.29, 0.717) is 22.6 Å². The van der Waals surface area contributed by atoms with Gasteiger partial charge < -0.3 is 14.0 Å². The predicted octanol–water partition coefficient (Wildman–Crippen LogP) is 15.7. The van der Waals surface area contributed by atoms with Crippen LogP contribution in [0.25, 0.3) is 104 Å². The van der Waals surface area contributed by atoms with Gasteiger partial charge in [-0.1, -0.05) is 127 Å². The molecule has 0 bridgehead atoms. The first kappa shape index (κ1) is 34.9.